The molecule has 1 atom stereocenters. The summed E-state index contributed by atoms with van der Waals surface area (Å²) in [4.78, 5) is 26.6. The summed E-state index contributed by atoms with van der Waals surface area (Å²) in [5, 5.41) is 0.113. The fourth-order valence-electron chi connectivity index (χ4n) is 2.65. The monoisotopic (exact) mass is 347 g/mol. The molecular weight excluding hydrogens is 318 g/mol. The van der Waals surface area contributed by atoms with E-state index in [0.717, 1.165) is 12.8 Å². The van der Waals surface area contributed by atoms with Gasteiger partial charge in [-0.25, -0.2) is 0 Å². The van der Waals surface area contributed by atoms with Crippen LogP contribution in [-0.4, -0.2) is 37.7 Å². The molecule has 1 aromatic rings. The first-order valence-electron chi connectivity index (χ1n) is 8.69. The first-order chi connectivity index (χ1) is 11.1. The molecule has 0 N–H and O–H groups in total. The molecule has 1 aliphatic rings. The van der Waals surface area contributed by atoms with Gasteiger partial charge in [-0.3, -0.25) is 14.5 Å². The lowest BCUT2D eigenvalue weighted by atomic mass is 10.2. The van der Waals surface area contributed by atoms with Crippen molar-refractivity contribution in [1.82, 2.24) is 4.90 Å². The third kappa shape index (κ3) is 4.33. The molecule has 0 aromatic heterocycles. The van der Waals surface area contributed by atoms with Gasteiger partial charge >= 0.3 is 0 Å². The molecule has 1 fully saturated rings. The normalized spacial score (nSPS) is 20.0. The van der Waals surface area contributed by atoms with Crippen LogP contribution in [0.5, 0.6) is 0 Å². The lowest BCUT2D eigenvalue weighted by Crippen LogP contribution is -2.44. The van der Waals surface area contributed by atoms with Crippen molar-refractivity contribution in [3.63, 3.8) is 0 Å². The van der Waals surface area contributed by atoms with Gasteiger partial charge in [0.25, 0.3) is 5.91 Å². The maximum atomic E-state index is 12.6. The number of carbonyl (C=O) groups is 2. The number of hydrogen-bond donors (Lipinski definition) is 0. The molecule has 1 heterocycles. The average molecular weight is 348 g/mol. The molecule has 0 bridgehead atoms. The Morgan fingerprint density at radius 2 is 1.83 bits per heavy atom. The number of nitrogens with zero attached hydrogens (tertiary/aromatic N) is 1. The number of benzene rings is 1. The van der Waals surface area contributed by atoms with Crippen LogP contribution in [0.4, 0.5) is 0 Å². The van der Waals surface area contributed by atoms with Crippen LogP contribution in [0.3, 0.4) is 0 Å². The first kappa shape index (κ1) is 18.9. The van der Waals surface area contributed by atoms with E-state index in [1.807, 2.05) is 18.2 Å². The highest BCUT2D eigenvalue weighted by Gasteiger charge is 2.40. The van der Waals surface area contributed by atoms with Crippen LogP contribution < -0.4 is 0 Å². The number of imide groups is 1. The van der Waals surface area contributed by atoms with E-state index in [2.05, 4.69) is 33.9 Å². The summed E-state index contributed by atoms with van der Waals surface area (Å²) in [7, 11) is -1.91. The van der Waals surface area contributed by atoms with Gasteiger partial charge in [0.2, 0.25) is 5.91 Å². The van der Waals surface area contributed by atoms with Crippen molar-refractivity contribution >= 4 is 20.1 Å². The maximum Gasteiger partial charge on any atom is 0.260 e. The summed E-state index contributed by atoms with van der Waals surface area (Å²) in [6.45, 7) is 11.5. The van der Waals surface area contributed by atoms with Gasteiger partial charge in [-0.2, -0.15) is 0 Å². The van der Waals surface area contributed by atoms with E-state index in [1.165, 1.54) is 4.90 Å². The van der Waals surface area contributed by atoms with Crippen molar-refractivity contribution < 1.29 is 14.0 Å². The zero-order valence-electron chi connectivity index (χ0n) is 15.5. The predicted octanol–water partition coefficient (Wildman–Crippen LogP) is 4.23. The number of rotatable bonds is 3. The van der Waals surface area contributed by atoms with Crippen molar-refractivity contribution in [2.24, 2.45) is 0 Å². The predicted molar refractivity (Wildman–Crippen MR) is 98.4 cm³/mol. The highest BCUT2D eigenvalue weighted by molar-refractivity contribution is 6.74. The Hall–Kier alpha value is -1.46. The van der Waals surface area contributed by atoms with Gasteiger partial charge in [-0.1, -0.05) is 39.0 Å². The van der Waals surface area contributed by atoms with Gasteiger partial charge < -0.3 is 4.43 Å². The molecule has 1 aromatic carbocycles. The summed E-state index contributed by atoms with van der Waals surface area (Å²) in [5.74, 6) is -0.321. The van der Waals surface area contributed by atoms with Gasteiger partial charge in [-0.05, 0) is 43.1 Å². The van der Waals surface area contributed by atoms with Gasteiger partial charge in [0.05, 0.1) is 12.5 Å². The van der Waals surface area contributed by atoms with E-state index in [9.17, 15) is 9.59 Å². The van der Waals surface area contributed by atoms with Crippen molar-refractivity contribution in [3.8, 4) is 0 Å². The number of carbonyl (C=O) groups excluding carboxylic acids is 2. The zero-order valence-corrected chi connectivity index (χ0v) is 16.5. The largest absolute Gasteiger partial charge is 0.413 e. The first-order valence-corrected chi connectivity index (χ1v) is 11.6. The van der Waals surface area contributed by atoms with Gasteiger partial charge in [0.1, 0.15) is 0 Å². The number of amides is 2. The summed E-state index contributed by atoms with van der Waals surface area (Å²) < 4.78 is 6.41. The molecule has 2 amide bonds. The SMILES string of the molecule is CC(C)(C)[Si](C)(C)OC1CCCN(C(=O)c2ccccc2)C(=O)C1. The van der Waals surface area contributed by atoms with Crippen LogP contribution in [0.1, 0.15) is 50.4 Å². The van der Waals surface area contributed by atoms with Crippen molar-refractivity contribution in [3.05, 3.63) is 35.9 Å². The third-order valence-corrected chi connectivity index (χ3v) is 9.68. The topological polar surface area (TPSA) is 46.6 Å². The van der Waals surface area contributed by atoms with Crippen LogP contribution in [0, 0.1) is 0 Å². The second-order valence-corrected chi connectivity index (χ2v) is 12.8. The van der Waals surface area contributed by atoms with Crippen LogP contribution in [-0.2, 0) is 9.22 Å². The minimum absolute atomic E-state index is 0.0769. The molecule has 1 saturated heterocycles. The standard InChI is InChI=1S/C19H29NO3Si/c1-19(2,3)24(4,5)23-16-12-9-13-20(17(21)14-16)18(22)15-10-7-6-8-11-15/h6-8,10-11,16H,9,12-14H2,1-5H3. The lowest BCUT2D eigenvalue weighted by Gasteiger charge is -2.39. The zero-order chi connectivity index (χ0) is 18.0. The fraction of sp³-hybridized carbons (Fsp3) is 0.579. The highest BCUT2D eigenvalue weighted by Crippen LogP contribution is 2.38. The third-order valence-electron chi connectivity index (χ3n) is 5.14. The van der Waals surface area contributed by atoms with E-state index in [4.69, 9.17) is 4.43 Å². The molecule has 4 nitrogen and oxygen atoms in total. The second kappa shape index (κ2) is 7.19. The number of hydrogen-bond acceptors (Lipinski definition) is 3. The fourth-order valence-corrected chi connectivity index (χ4v) is 4.04. The second-order valence-electron chi connectivity index (χ2n) is 8.06. The summed E-state index contributed by atoms with van der Waals surface area (Å²) >= 11 is 0. The van der Waals surface area contributed by atoms with Crippen LogP contribution in [0.2, 0.25) is 18.1 Å². The Morgan fingerprint density at radius 3 is 2.42 bits per heavy atom. The Labute approximate surface area is 146 Å². The molecule has 24 heavy (non-hydrogen) atoms. The van der Waals surface area contributed by atoms with E-state index in [0.29, 0.717) is 18.5 Å². The summed E-state index contributed by atoms with van der Waals surface area (Å²) in [6, 6.07) is 9.01. The van der Waals surface area contributed by atoms with Crippen molar-refractivity contribution in [1.29, 1.82) is 0 Å². The summed E-state index contributed by atoms with van der Waals surface area (Å²) in [5.41, 5.74) is 0.564. The molecule has 0 aliphatic carbocycles. The van der Waals surface area contributed by atoms with Gasteiger partial charge in [0, 0.05) is 12.1 Å². The van der Waals surface area contributed by atoms with E-state index < -0.39 is 8.32 Å². The highest BCUT2D eigenvalue weighted by atomic mass is 28.4. The average Bonchev–Trinajstić information content (AvgIpc) is 2.67. The Balaban J connectivity index is 2.07. The molecule has 0 radical (unpaired) electrons. The Bertz CT molecular complexity index is 592. The van der Waals surface area contributed by atoms with E-state index in [-0.39, 0.29) is 23.0 Å². The van der Waals surface area contributed by atoms with Gasteiger partial charge in [0.15, 0.2) is 8.32 Å². The van der Waals surface area contributed by atoms with Crippen LogP contribution in [0.15, 0.2) is 30.3 Å². The minimum atomic E-state index is -1.91. The smallest absolute Gasteiger partial charge is 0.260 e. The molecule has 132 valence electrons. The van der Waals surface area contributed by atoms with E-state index in [1.54, 1.807) is 12.1 Å². The Morgan fingerprint density at radius 1 is 1.21 bits per heavy atom. The molecule has 1 aliphatic heterocycles. The molecule has 0 saturated carbocycles. The minimum Gasteiger partial charge on any atom is -0.413 e. The molecule has 0 spiro atoms. The maximum absolute atomic E-state index is 12.6. The van der Waals surface area contributed by atoms with Crippen LogP contribution >= 0.6 is 0 Å². The molecule has 5 heteroatoms. The van der Waals surface area contributed by atoms with Crippen molar-refractivity contribution in [2.75, 3.05) is 6.54 Å². The van der Waals surface area contributed by atoms with E-state index >= 15 is 0 Å². The van der Waals surface area contributed by atoms with Crippen molar-refractivity contribution in [2.45, 2.75) is 64.3 Å². The Kier molecular flexibility index (Phi) is 5.66. The molecule has 1 unspecified atom stereocenters. The van der Waals surface area contributed by atoms with Gasteiger partial charge in [-0.15, -0.1) is 0 Å². The molecular formula is C19H29NO3Si. The lowest BCUT2D eigenvalue weighted by molar-refractivity contribution is -0.129. The summed E-state index contributed by atoms with van der Waals surface area (Å²) in [6.07, 6.45) is 1.85. The quantitative estimate of drug-likeness (QED) is 0.607. The van der Waals surface area contributed by atoms with Crippen LogP contribution in [0.25, 0.3) is 0 Å². The molecule has 2 rings (SSSR count). The number of likely N-dealkylation sites (tertiary alicyclic amines) is 1.